The van der Waals surface area contributed by atoms with Crippen LogP contribution in [0.1, 0.15) is 30.6 Å². The quantitative estimate of drug-likeness (QED) is 0.909. The molecule has 1 amide bonds. The second-order valence-electron chi connectivity index (χ2n) is 5.87. The van der Waals surface area contributed by atoms with Crippen LogP contribution in [0.15, 0.2) is 24.3 Å². The van der Waals surface area contributed by atoms with Gasteiger partial charge < -0.3 is 15.4 Å². The Bertz CT molecular complexity index is 465. The van der Waals surface area contributed by atoms with E-state index in [1.165, 1.54) is 0 Å². The highest BCUT2D eigenvalue weighted by Gasteiger charge is 2.26. The van der Waals surface area contributed by atoms with Gasteiger partial charge in [-0.15, -0.1) is 12.4 Å². The number of nitrogens with zero attached hydrogens (tertiary/aromatic N) is 1. The first-order valence-corrected chi connectivity index (χ1v) is 7.32. The number of carbonyl (C=O) groups is 1. The largest absolute Gasteiger partial charge is 0.493 e. The summed E-state index contributed by atoms with van der Waals surface area (Å²) < 4.78 is 5.67. The van der Waals surface area contributed by atoms with Crippen LogP contribution in [-0.4, -0.2) is 37.0 Å². The Labute approximate surface area is 133 Å². The van der Waals surface area contributed by atoms with E-state index in [2.05, 4.69) is 13.8 Å². The van der Waals surface area contributed by atoms with Crippen molar-refractivity contribution >= 4 is 18.3 Å². The summed E-state index contributed by atoms with van der Waals surface area (Å²) in [5.41, 5.74) is 6.37. The maximum Gasteiger partial charge on any atom is 0.253 e. The maximum atomic E-state index is 12.4. The highest BCUT2D eigenvalue weighted by molar-refractivity contribution is 5.94. The lowest BCUT2D eigenvalue weighted by Crippen LogP contribution is -2.29. The standard InChI is InChI=1S/C16H24N2O2.ClH/c1-12(2)11-20-15-5-3-4-14(8-15)16(19)18-7-6-13(9-17)10-18;/h3-5,8,12-13H,6-7,9-11,17H2,1-2H3;1H. The Morgan fingerprint density at radius 1 is 1.48 bits per heavy atom. The molecule has 1 heterocycles. The third-order valence-corrected chi connectivity index (χ3v) is 3.57. The number of halogens is 1. The summed E-state index contributed by atoms with van der Waals surface area (Å²) in [7, 11) is 0. The number of amides is 1. The Kier molecular flexibility index (Phi) is 6.99. The fraction of sp³-hybridized carbons (Fsp3) is 0.562. The highest BCUT2D eigenvalue weighted by atomic mass is 35.5. The second kappa shape index (κ2) is 8.25. The number of likely N-dealkylation sites (tertiary alicyclic amines) is 1. The number of hydrogen-bond donors (Lipinski definition) is 1. The number of rotatable bonds is 5. The minimum Gasteiger partial charge on any atom is -0.493 e. The topological polar surface area (TPSA) is 55.6 Å². The van der Waals surface area contributed by atoms with E-state index in [0.29, 0.717) is 30.6 Å². The molecule has 2 N–H and O–H groups in total. The number of benzene rings is 1. The number of hydrogen-bond acceptors (Lipinski definition) is 3. The van der Waals surface area contributed by atoms with Crippen molar-refractivity contribution in [1.82, 2.24) is 4.90 Å². The molecule has 4 nitrogen and oxygen atoms in total. The van der Waals surface area contributed by atoms with Crippen LogP contribution in [0.3, 0.4) is 0 Å². The number of carbonyl (C=O) groups excluding carboxylic acids is 1. The number of nitrogens with two attached hydrogens (primary N) is 1. The van der Waals surface area contributed by atoms with Gasteiger partial charge in [-0.05, 0) is 43.0 Å². The van der Waals surface area contributed by atoms with Gasteiger partial charge >= 0.3 is 0 Å². The summed E-state index contributed by atoms with van der Waals surface area (Å²) in [6.07, 6.45) is 1.01. The minimum atomic E-state index is 0. The van der Waals surface area contributed by atoms with E-state index in [-0.39, 0.29) is 18.3 Å². The molecule has 118 valence electrons. The molecular weight excluding hydrogens is 288 g/mol. The smallest absolute Gasteiger partial charge is 0.253 e. The molecule has 21 heavy (non-hydrogen) atoms. The summed E-state index contributed by atoms with van der Waals surface area (Å²) in [6.45, 7) is 7.10. The van der Waals surface area contributed by atoms with Crippen LogP contribution in [0.5, 0.6) is 5.75 Å². The van der Waals surface area contributed by atoms with Gasteiger partial charge in [-0.25, -0.2) is 0 Å². The van der Waals surface area contributed by atoms with Crippen LogP contribution < -0.4 is 10.5 Å². The molecule has 1 atom stereocenters. The van der Waals surface area contributed by atoms with E-state index in [9.17, 15) is 4.79 Å². The Balaban J connectivity index is 0.00000220. The lowest BCUT2D eigenvalue weighted by molar-refractivity contribution is 0.0787. The molecule has 0 radical (unpaired) electrons. The van der Waals surface area contributed by atoms with Crippen molar-refractivity contribution in [3.8, 4) is 5.75 Å². The first-order valence-electron chi connectivity index (χ1n) is 7.32. The van der Waals surface area contributed by atoms with Gasteiger partial charge in [0.05, 0.1) is 6.61 Å². The first-order chi connectivity index (χ1) is 9.60. The van der Waals surface area contributed by atoms with Gasteiger partial charge in [0, 0.05) is 18.7 Å². The van der Waals surface area contributed by atoms with E-state index in [0.717, 1.165) is 25.3 Å². The molecule has 0 saturated carbocycles. The van der Waals surface area contributed by atoms with E-state index < -0.39 is 0 Å². The lowest BCUT2D eigenvalue weighted by Gasteiger charge is -2.17. The molecule has 0 aliphatic carbocycles. The fourth-order valence-electron chi connectivity index (χ4n) is 2.37. The van der Waals surface area contributed by atoms with Crippen molar-refractivity contribution < 1.29 is 9.53 Å². The highest BCUT2D eigenvalue weighted by Crippen LogP contribution is 2.20. The zero-order valence-corrected chi connectivity index (χ0v) is 13.6. The molecular formula is C16H25ClN2O2. The summed E-state index contributed by atoms with van der Waals surface area (Å²) in [5, 5.41) is 0. The normalized spacial score (nSPS) is 17.7. The van der Waals surface area contributed by atoms with Gasteiger partial charge in [0.2, 0.25) is 0 Å². The van der Waals surface area contributed by atoms with Crippen molar-refractivity contribution in [1.29, 1.82) is 0 Å². The molecule has 0 aromatic heterocycles. The molecule has 1 unspecified atom stereocenters. The molecule has 1 saturated heterocycles. The molecule has 0 spiro atoms. The zero-order chi connectivity index (χ0) is 14.5. The predicted molar refractivity (Wildman–Crippen MR) is 87.1 cm³/mol. The third-order valence-electron chi connectivity index (χ3n) is 3.57. The number of ether oxygens (including phenoxy) is 1. The molecule has 2 rings (SSSR count). The van der Waals surface area contributed by atoms with Crippen LogP contribution in [0.4, 0.5) is 0 Å². The average molecular weight is 313 g/mol. The van der Waals surface area contributed by atoms with Gasteiger partial charge in [-0.2, -0.15) is 0 Å². The minimum absolute atomic E-state index is 0. The maximum absolute atomic E-state index is 12.4. The Morgan fingerprint density at radius 2 is 2.24 bits per heavy atom. The molecule has 1 aliphatic heterocycles. The molecule has 1 fully saturated rings. The molecule has 5 heteroatoms. The zero-order valence-electron chi connectivity index (χ0n) is 12.7. The van der Waals surface area contributed by atoms with Gasteiger partial charge in [0.15, 0.2) is 0 Å². The molecule has 1 aromatic rings. The summed E-state index contributed by atoms with van der Waals surface area (Å²) in [6, 6.07) is 7.45. The Hall–Kier alpha value is -1.26. The van der Waals surface area contributed by atoms with E-state index in [1.807, 2.05) is 29.2 Å². The first kappa shape index (κ1) is 17.8. The van der Waals surface area contributed by atoms with E-state index >= 15 is 0 Å². The molecule has 1 aliphatic rings. The predicted octanol–water partition coefficient (Wildman–Crippen LogP) is 2.56. The monoisotopic (exact) mass is 312 g/mol. The van der Waals surface area contributed by atoms with Crippen LogP contribution >= 0.6 is 12.4 Å². The van der Waals surface area contributed by atoms with Gasteiger partial charge in [0.25, 0.3) is 5.91 Å². The van der Waals surface area contributed by atoms with Crippen molar-refractivity contribution in [3.63, 3.8) is 0 Å². The van der Waals surface area contributed by atoms with E-state index in [1.54, 1.807) is 0 Å². The third kappa shape index (κ3) is 4.90. The molecule has 0 bridgehead atoms. The van der Waals surface area contributed by atoms with Gasteiger partial charge in [-0.3, -0.25) is 4.79 Å². The van der Waals surface area contributed by atoms with E-state index in [4.69, 9.17) is 10.5 Å². The van der Waals surface area contributed by atoms with Crippen LogP contribution in [0, 0.1) is 11.8 Å². The summed E-state index contributed by atoms with van der Waals surface area (Å²) in [5.74, 6) is 1.76. The van der Waals surface area contributed by atoms with Crippen LogP contribution in [-0.2, 0) is 0 Å². The van der Waals surface area contributed by atoms with Crippen molar-refractivity contribution in [2.24, 2.45) is 17.6 Å². The SMILES string of the molecule is CC(C)COc1cccc(C(=O)N2CCC(CN)C2)c1.Cl. The van der Waals surface area contributed by atoms with Crippen molar-refractivity contribution in [3.05, 3.63) is 29.8 Å². The van der Waals surface area contributed by atoms with Crippen molar-refractivity contribution in [2.45, 2.75) is 20.3 Å². The second-order valence-corrected chi connectivity index (χ2v) is 5.87. The lowest BCUT2D eigenvalue weighted by atomic mass is 10.1. The van der Waals surface area contributed by atoms with Gasteiger partial charge in [0.1, 0.15) is 5.75 Å². The van der Waals surface area contributed by atoms with Crippen LogP contribution in [0.25, 0.3) is 0 Å². The van der Waals surface area contributed by atoms with Crippen molar-refractivity contribution in [2.75, 3.05) is 26.2 Å². The summed E-state index contributed by atoms with van der Waals surface area (Å²) >= 11 is 0. The van der Waals surface area contributed by atoms with Crippen LogP contribution in [0.2, 0.25) is 0 Å². The fourth-order valence-corrected chi connectivity index (χ4v) is 2.37. The Morgan fingerprint density at radius 3 is 2.86 bits per heavy atom. The average Bonchev–Trinajstić information content (AvgIpc) is 2.93. The van der Waals surface area contributed by atoms with Gasteiger partial charge in [-0.1, -0.05) is 19.9 Å². The molecule has 1 aromatic carbocycles. The summed E-state index contributed by atoms with van der Waals surface area (Å²) in [4.78, 5) is 14.3.